The second-order valence-electron chi connectivity index (χ2n) is 5.86. The van der Waals surface area contributed by atoms with E-state index in [2.05, 4.69) is 0 Å². The maximum Gasteiger partial charge on any atom is 1.00 e. The Morgan fingerprint density at radius 3 is 1.09 bits per heavy atom. The van der Waals surface area contributed by atoms with Gasteiger partial charge in [0.15, 0.2) is 0 Å². The van der Waals surface area contributed by atoms with Crippen molar-refractivity contribution in [3.05, 3.63) is 84.9 Å². The van der Waals surface area contributed by atoms with E-state index in [0.717, 1.165) is 10.8 Å². The first-order chi connectivity index (χ1) is 14.2. The number of rotatable bonds is 2. The largest absolute Gasteiger partial charge is 1.00 e. The van der Waals surface area contributed by atoms with Crippen molar-refractivity contribution in [3.63, 3.8) is 0 Å². The topological polar surface area (TPSA) is 131 Å². The van der Waals surface area contributed by atoms with Gasteiger partial charge in [-0.25, -0.2) is 16.8 Å². The summed E-state index contributed by atoms with van der Waals surface area (Å²) < 4.78 is 65.3. The molecule has 7 nitrogen and oxygen atoms in total. The van der Waals surface area contributed by atoms with E-state index in [0.29, 0.717) is 10.8 Å². The SMILES string of the molecule is C=O.O=S(=O)([O-])c1cccc2ccccc12.O=S(=O)([O-])c1cccc2ccccc12.[Na+].[Na+]. The van der Waals surface area contributed by atoms with Gasteiger partial charge < -0.3 is 13.9 Å². The third kappa shape index (κ3) is 8.03. The van der Waals surface area contributed by atoms with E-state index in [1.165, 1.54) is 12.1 Å². The predicted octanol–water partition coefficient (Wildman–Crippen LogP) is -2.69. The fourth-order valence-corrected chi connectivity index (χ4v) is 4.23. The van der Waals surface area contributed by atoms with Gasteiger partial charge in [0.25, 0.3) is 0 Å². The second-order valence-corrected chi connectivity index (χ2v) is 8.56. The molecule has 4 aromatic rings. The summed E-state index contributed by atoms with van der Waals surface area (Å²) in [6.07, 6.45) is 0. The van der Waals surface area contributed by atoms with Crippen LogP contribution in [0.4, 0.5) is 0 Å². The van der Waals surface area contributed by atoms with Crippen molar-refractivity contribution in [3.8, 4) is 0 Å². The maximum absolute atomic E-state index is 10.9. The molecule has 32 heavy (non-hydrogen) atoms. The molecule has 0 saturated carbocycles. The zero-order valence-electron chi connectivity index (χ0n) is 17.5. The van der Waals surface area contributed by atoms with Gasteiger partial charge in [0, 0.05) is 0 Å². The summed E-state index contributed by atoms with van der Waals surface area (Å²) in [4.78, 5) is 7.69. The van der Waals surface area contributed by atoms with Gasteiger partial charge >= 0.3 is 59.1 Å². The molecule has 0 bridgehead atoms. The zero-order chi connectivity index (χ0) is 22.4. The summed E-state index contributed by atoms with van der Waals surface area (Å²) in [5.41, 5.74) is 0. The van der Waals surface area contributed by atoms with E-state index in [9.17, 15) is 25.9 Å². The number of benzene rings is 4. The molecule has 0 aromatic heterocycles. The molecule has 0 fully saturated rings. The zero-order valence-corrected chi connectivity index (χ0v) is 23.1. The first kappa shape index (κ1) is 30.9. The van der Waals surface area contributed by atoms with E-state index in [1.807, 2.05) is 6.79 Å². The predicted molar refractivity (Wildman–Crippen MR) is 111 cm³/mol. The van der Waals surface area contributed by atoms with Crippen LogP contribution >= 0.6 is 0 Å². The Morgan fingerprint density at radius 1 is 0.500 bits per heavy atom. The van der Waals surface area contributed by atoms with Gasteiger partial charge in [-0.2, -0.15) is 0 Å². The average Bonchev–Trinajstić information content (AvgIpc) is 2.73. The van der Waals surface area contributed by atoms with Crippen molar-refractivity contribution in [1.29, 1.82) is 0 Å². The van der Waals surface area contributed by atoms with E-state index >= 15 is 0 Å². The molecular formula is C21H16Na2O7S2. The van der Waals surface area contributed by atoms with Gasteiger partial charge in [-0.05, 0) is 33.7 Å². The molecule has 0 spiro atoms. The minimum absolute atomic E-state index is 0. The molecule has 0 aliphatic heterocycles. The first-order valence-corrected chi connectivity index (χ1v) is 11.2. The van der Waals surface area contributed by atoms with E-state index in [4.69, 9.17) is 4.79 Å². The minimum atomic E-state index is -4.38. The quantitative estimate of drug-likeness (QED) is 0.221. The van der Waals surface area contributed by atoms with E-state index in [-0.39, 0.29) is 68.9 Å². The normalized spacial score (nSPS) is 10.4. The average molecular weight is 490 g/mol. The van der Waals surface area contributed by atoms with Crippen molar-refractivity contribution in [2.75, 3.05) is 0 Å². The number of fused-ring (bicyclic) bond motifs is 2. The minimum Gasteiger partial charge on any atom is -0.744 e. The Labute approximate surface area is 230 Å². The Balaban J connectivity index is 0.000000527. The first-order valence-electron chi connectivity index (χ1n) is 8.34. The van der Waals surface area contributed by atoms with Crippen LogP contribution in [0.1, 0.15) is 0 Å². The molecule has 0 heterocycles. The second kappa shape index (κ2) is 13.6. The molecular weight excluding hydrogens is 474 g/mol. The van der Waals surface area contributed by atoms with Crippen molar-refractivity contribution >= 4 is 48.6 Å². The van der Waals surface area contributed by atoms with Crippen LogP contribution in [0.2, 0.25) is 0 Å². The molecule has 0 N–H and O–H groups in total. The fraction of sp³-hybridized carbons (Fsp3) is 0. The van der Waals surface area contributed by atoms with Crippen molar-refractivity contribution < 1.29 is 89.9 Å². The van der Waals surface area contributed by atoms with Gasteiger partial charge in [-0.1, -0.05) is 72.8 Å². The van der Waals surface area contributed by atoms with Crippen LogP contribution in [-0.4, -0.2) is 32.7 Å². The van der Waals surface area contributed by atoms with Crippen LogP contribution in [0.5, 0.6) is 0 Å². The molecule has 11 heteroatoms. The van der Waals surface area contributed by atoms with Crippen LogP contribution in [0, 0.1) is 0 Å². The third-order valence-corrected chi connectivity index (χ3v) is 5.83. The summed E-state index contributed by atoms with van der Waals surface area (Å²) in [5.74, 6) is 0. The van der Waals surface area contributed by atoms with Gasteiger partial charge in [-0.15, -0.1) is 0 Å². The number of hydrogen-bond donors (Lipinski definition) is 0. The Morgan fingerprint density at radius 2 is 0.781 bits per heavy atom. The number of carbonyl (C=O) groups excluding carboxylic acids is 1. The monoisotopic (exact) mass is 490 g/mol. The molecule has 0 amide bonds. The van der Waals surface area contributed by atoms with Crippen molar-refractivity contribution in [2.45, 2.75) is 9.79 Å². The van der Waals surface area contributed by atoms with Crippen LogP contribution < -0.4 is 59.1 Å². The van der Waals surface area contributed by atoms with E-state index in [1.54, 1.807) is 72.8 Å². The van der Waals surface area contributed by atoms with Crippen molar-refractivity contribution in [2.24, 2.45) is 0 Å². The van der Waals surface area contributed by atoms with Crippen LogP contribution in [-0.2, 0) is 25.0 Å². The number of carbonyl (C=O) groups is 1. The van der Waals surface area contributed by atoms with Gasteiger partial charge in [0.2, 0.25) is 0 Å². The van der Waals surface area contributed by atoms with Gasteiger partial charge in [0.1, 0.15) is 27.0 Å². The summed E-state index contributed by atoms with van der Waals surface area (Å²) in [6.45, 7) is 2.00. The van der Waals surface area contributed by atoms with Gasteiger partial charge in [-0.3, -0.25) is 0 Å². The molecule has 0 aliphatic rings. The molecule has 4 aromatic carbocycles. The van der Waals surface area contributed by atoms with Gasteiger partial charge in [0.05, 0.1) is 9.79 Å². The molecule has 156 valence electrons. The molecule has 0 saturated heterocycles. The molecule has 4 rings (SSSR count). The standard InChI is InChI=1S/2C10H8O3S.CH2O.2Na/c2*11-14(12,13)10-7-3-5-8-4-1-2-6-9(8)10;1-2;;/h2*1-7H,(H,11,12,13);1H2;;/q;;;2*+1/p-2. The molecule has 0 atom stereocenters. The summed E-state index contributed by atoms with van der Waals surface area (Å²) in [6, 6.07) is 23.1. The molecule has 0 unspecified atom stereocenters. The maximum atomic E-state index is 10.9. The Kier molecular flexibility index (Phi) is 13.1. The van der Waals surface area contributed by atoms with Crippen LogP contribution in [0.15, 0.2) is 94.7 Å². The summed E-state index contributed by atoms with van der Waals surface area (Å²) in [7, 11) is -8.76. The van der Waals surface area contributed by atoms with E-state index < -0.39 is 20.2 Å². The van der Waals surface area contributed by atoms with Crippen LogP contribution in [0.25, 0.3) is 21.5 Å². The fourth-order valence-electron chi connectivity index (χ4n) is 2.83. The molecule has 0 radical (unpaired) electrons. The van der Waals surface area contributed by atoms with Crippen LogP contribution in [0.3, 0.4) is 0 Å². The summed E-state index contributed by atoms with van der Waals surface area (Å²) >= 11 is 0. The smallest absolute Gasteiger partial charge is 0.744 e. The number of hydrogen-bond acceptors (Lipinski definition) is 7. The Bertz CT molecular complexity index is 1270. The summed E-state index contributed by atoms with van der Waals surface area (Å²) in [5, 5.41) is 2.46. The Hall–Kier alpha value is -1.11. The third-order valence-electron chi connectivity index (χ3n) is 4.04. The van der Waals surface area contributed by atoms with Crippen molar-refractivity contribution in [1.82, 2.24) is 0 Å². The molecule has 0 aliphatic carbocycles.